The number of aryl methyl sites for hydroxylation is 1. The van der Waals surface area contributed by atoms with E-state index >= 15 is 0 Å². The average molecular weight is 466 g/mol. The van der Waals surface area contributed by atoms with E-state index in [4.69, 9.17) is 16.6 Å². The summed E-state index contributed by atoms with van der Waals surface area (Å²) >= 11 is 7.73. The van der Waals surface area contributed by atoms with Gasteiger partial charge < -0.3 is 4.90 Å². The number of sulfone groups is 1. The standard InChI is InChI=1S/C21H24ClN3O3S2/c1-5-30(27,28)16-9-7-15(8-10-16)20(26)25(13-12-24(3)4)21-23-18-14(2)6-11-17(22)19(18)29-21/h6-11H,5,12-13H2,1-4H3. The number of carbonyl (C=O) groups excluding carboxylic acids is 1. The largest absolute Gasteiger partial charge is 0.308 e. The molecule has 1 amide bonds. The van der Waals surface area contributed by atoms with Gasteiger partial charge in [0.15, 0.2) is 15.0 Å². The topological polar surface area (TPSA) is 70.6 Å². The Labute approximate surface area is 186 Å². The molecule has 6 nitrogen and oxygen atoms in total. The van der Waals surface area contributed by atoms with Crippen molar-refractivity contribution in [2.75, 3.05) is 37.8 Å². The van der Waals surface area contributed by atoms with E-state index in [1.807, 2.05) is 38.1 Å². The lowest BCUT2D eigenvalue weighted by Crippen LogP contribution is -2.36. The van der Waals surface area contributed by atoms with Gasteiger partial charge in [-0.3, -0.25) is 9.69 Å². The van der Waals surface area contributed by atoms with E-state index in [-0.39, 0.29) is 16.6 Å². The van der Waals surface area contributed by atoms with Crippen LogP contribution in [0.15, 0.2) is 41.3 Å². The highest BCUT2D eigenvalue weighted by Crippen LogP contribution is 2.36. The molecular weight excluding hydrogens is 442 g/mol. The zero-order chi connectivity index (χ0) is 22.1. The first-order chi connectivity index (χ1) is 14.1. The van der Waals surface area contributed by atoms with Gasteiger partial charge in [-0.2, -0.15) is 0 Å². The Hall–Kier alpha value is -2.00. The van der Waals surface area contributed by atoms with Crippen LogP contribution in [0.4, 0.5) is 5.13 Å². The Morgan fingerprint density at radius 1 is 1.10 bits per heavy atom. The highest BCUT2D eigenvalue weighted by molar-refractivity contribution is 7.91. The second kappa shape index (κ2) is 9.01. The smallest absolute Gasteiger partial charge is 0.260 e. The number of thiazole rings is 1. The first-order valence-electron chi connectivity index (χ1n) is 9.49. The van der Waals surface area contributed by atoms with Crippen LogP contribution < -0.4 is 4.90 Å². The molecule has 30 heavy (non-hydrogen) atoms. The second-order valence-corrected chi connectivity index (χ2v) is 10.9. The maximum Gasteiger partial charge on any atom is 0.260 e. The third-order valence-corrected chi connectivity index (χ3v) is 8.06. The van der Waals surface area contributed by atoms with Gasteiger partial charge in [0.2, 0.25) is 0 Å². The number of nitrogens with zero attached hydrogens (tertiary/aromatic N) is 3. The molecule has 0 aliphatic rings. The fourth-order valence-corrected chi connectivity index (χ4v) is 5.14. The van der Waals surface area contributed by atoms with Gasteiger partial charge in [0.1, 0.15) is 0 Å². The molecule has 0 bridgehead atoms. The minimum atomic E-state index is -3.32. The van der Waals surface area contributed by atoms with E-state index in [1.54, 1.807) is 24.0 Å². The summed E-state index contributed by atoms with van der Waals surface area (Å²) in [5.74, 6) is -0.216. The zero-order valence-corrected chi connectivity index (χ0v) is 19.7. The summed E-state index contributed by atoms with van der Waals surface area (Å²) in [6, 6.07) is 9.82. The zero-order valence-electron chi connectivity index (χ0n) is 17.3. The predicted octanol–water partition coefficient (Wildman–Crippen LogP) is 4.26. The monoisotopic (exact) mass is 465 g/mol. The van der Waals surface area contributed by atoms with Gasteiger partial charge in [0.25, 0.3) is 5.91 Å². The van der Waals surface area contributed by atoms with E-state index in [2.05, 4.69) is 0 Å². The van der Waals surface area contributed by atoms with Gasteiger partial charge in [0.05, 0.1) is 25.9 Å². The summed E-state index contributed by atoms with van der Waals surface area (Å²) in [4.78, 5) is 21.8. The molecule has 0 fully saturated rings. The number of rotatable bonds is 7. The van der Waals surface area contributed by atoms with Crippen LogP contribution in [0.1, 0.15) is 22.8 Å². The minimum absolute atomic E-state index is 0.0149. The van der Waals surface area contributed by atoms with Gasteiger partial charge in [-0.25, -0.2) is 13.4 Å². The molecule has 3 aromatic rings. The summed E-state index contributed by atoms with van der Waals surface area (Å²) in [5.41, 5.74) is 2.19. The van der Waals surface area contributed by atoms with Gasteiger partial charge in [0, 0.05) is 18.7 Å². The molecule has 1 heterocycles. The van der Waals surface area contributed by atoms with Gasteiger partial charge in [-0.1, -0.05) is 35.9 Å². The number of fused-ring (bicyclic) bond motifs is 1. The second-order valence-electron chi connectivity index (χ2n) is 7.23. The quantitative estimate of drug-likeness (QED) is 0.521. The molecule has 0 atom stereocenters. The van der Waals surface area contributed by atoms with Crippen LogP contribution in [0, 0.1) is 6.92 Å². The molecule has 0 aliphatic carbocycles. The molecule has 0 radical (unpaired) electrons. The van der Waals surface area contributed by atoms with Gasteiger partial charge >= 0.3 is 0 Å². The lowest BCUT2D eigenvalue weighted by atomic mass is 10.2. The number of halogens is 1. The van der Waals surface area contributed by atoms with Crippen molar-refractivity contribution in [2.24, 2.45) is 0 Å². The van der Waals surface area contributed by atoms with Gasteiger partial charge in [-0.05, 0) is 56.9 Å². The SMILES string of the molecule is CCS(=O)(=O)c1ccc(C(=O)N(CCN(C)C)c2nc3c(C)ccc(Cl)c3s2)cc1. The molecule has 0 aliphatic heterocycles. The molecule has 160 valence electrons. The van der Waals surface area contributed by atoms with Crippen molar-refractivity contribution in [3.05, 3.63) is 52.5 Å². The number of aromatic nitrogens is 1. The summed E-state index contributed by atoms with van der Waals surface area (Å²) in [7, 11) is 0.556. The summed E-state index contributed by atoms with van der Waals surface area (Å²) < 4.78 is 25.0. The van der Waals surface area contributed by atoms with E-state index in [0.717, 1.165) is 15.8 Å². The van der Waals surface area contributed by atoms with Crippen molar-refractivity contribution in [2.45, 2.75) is 18.7 Å². The van der Waals surface area contributed by atoms with Crippen LogP contribution in [-0.4, -0.2) is 57.1 Å². The number of hydrogen-bond acceptors (Lipinski definition) is 6. The normalized spacial score (nSPS) is 11.9. The number of benzene rings is 2. The maximum atomic E-state index is 13.3. The first-order valence-corrected chi connectivity index (χ1v) is 12.3. The Balaban J connectivity index is 2.01. The van der Waals surface area contributed by atoms with Crippen LogP contribution >= 0.6 is 22.9 Å². The van der Waals surface area contributed by atoms with Crippen molar-refractivity contribution in [1.82, 2.24) is 9.88 Å². The van der Waals surface area contributed by atoms with E-state index in [0.29, 0.717) is 28.8 Å². The van der Waals surface area contributed by atoms with Crippen molar-refractivity contribution in [1.29, 1.82) is 0 Å². The van der Waals surface area contributed by atoms with Crippen LogP contribution in [0.5, 0.6) is 0 Å². The third-order valence-electron chi connectivity index (χ3n) is 4.77. The van der Waals surface area contributed by atoms with Crippen LogP contribution in [-0.2, 0) is 9.84 Å². The Morgan fingerprint density at radius 2 is 1.77 bits per heavy atom. The number of likely N-dealkylation sites (N-methyl/N-ethyl adjacent to an activating group) is 1. The minimum Gasteiger partial charge on any atom is -0.308 e. The molecule has 2 aromatic carbocycles. The van der Waals surface area contributed by atoms with Crippen molar-refractivity contribution >= 4 is 54.0 Å². The van der Waals surface area contributed by atoms with E-state index in [1.165, 1.54) is 23.5 Å². The fourth-order valence-electron chi connectivity index (χ4n) is 2.92. The Morgan fingerprint density at radius 3 is 2.33 bits per heavy atom. The predicted molar refractivity (Wildman–Crippen MR) is 124 cm³/mol. The Bertz CT molecular complexity index is 1130. The molecule has 0 spiro atoms. The lowest BCUT2D eigenvalue weighted by Gasteiger charge is -2.22. The number of amides is 1. The molecule has 0 saturated carbocycles. The number of hydrogen-bond donors (Lipinski definition) is 0. The highest BCUT2D eigenvalue weighted by Gasteiger charge is 2.23. The summed E-state index contributed by atoms with van der Waals surface area (Å²) in [5, 5.41) is 1.17. The molecule has 1 aromatic heterocycles. The maximum absolute atomic E-state index is 13.3. The van der Waals surface area contributed by atoms with Crippen LogP contribution in [0.3, 0.4) is 0 Å². The average Bonchev–Trinajstić information content (AvgIpc) is 3.17. The van der Waals surface area contributed by atoms with Gasteiger partial charge in [-0.15, -0.1) is 0 Å². The van der Waals surface area contributed by atoms with E-state index in [9.17, 15) is 13.2 Å². The van der Waals surface area contributed by atoms with Crippen molar-refractivity contribution in [3.8, 4) is 0 Å². The fraction of sp³-hybridized carbons (Fsp3) is 0.333. The molecule has 0 unspecified atom stereocenters. The third kappa shape index (κ3) is 4.67. The van der Waals surface area contributed by atoms with Crippen molar-refractivity contribution < 1.29 is 13.2 Å². The summed E-state index contributed by atoms with van der Waals surface area (Å²) in [6.07, 6.45) is 0. The van der Waals surface area contributed by atoms with E-state index < -0.39 is 9.84 Å². The Kier molecular flexibility index (Phi) is 6.81. The van der Waals surface area contributed by atoms with Crippen molar-refractivity contribution in [3.63, 3.8) is 0 Å². The lowest BCUT2D eigenvalue weighted by molar-refractivity contribution is 0.0985. The molecule has 9 heteroatoms. The number of carbonyl (C=O) groups is 1. The first kappa shape index (κ1) is 22.7. The highest BCUT2D eigenvalue weighted by atomic mass is 35.5. The molecular formula is C21H24ClN3O3S2. The molecule has 0 saturated heterocycles. The van der Waals surface area contributed by atoms with Crippen LogP contribution in [0.25, 0.3) is 10.2 Å². The summed E-state index contributed by atoms with van der Waals surface area (Å²) in [6.45, 7) is 4.65. The molecule has 0 N–H and O–H groups in total. The number of anilines is 1. The molecule has 3 rings (SSSR count). The van der Waals surface area contributed by atoms with Crippen LogP contribution in [0.2, 0.25) is 5.02 Å².